The van der Waals surface area contributed by atoms with Gasteiger partial charge in [0.2, 0.25) is 0 Å². The lowest BCUT2D eigenvalue weighted by molar-refractivity contribution is 0.316. The quantitative estimate of drug-likeness (QED) is 0.364. The number of rotatable bonds is 9. The Hall–Kier alpha value is -0.670. The zero-order chi connectivity index (χ0) is 14.0. The second-order valence-corrected chi connectivity index (χ2v) is 5.18. The van der Waals surface area contributed by atoms with Crippen LogP contribution < -0.4 is 4.72 Å². The maximum atomic E-state index is 9.62. The van der Waals surface area contributed by atoms with Crippen LogP contribution in [0.5, 0.6) is 0 Å². The first kappa shape index (κ1) is 17.3. The van der Waals surface area contributed by atoms with E-state index in [1.807, 2.05) is 13.2 Å². The van der Waals surface area contributed by atoms with Crippen molar-refractivity contribution in [3.63, 3.8) is 0 Å². The molecule has 2 N–H and O–H groups in total. The predicted molar refractivity (Wildman–Crippen MR) is 83.8 cm³/mol. The first-order valence-electron chi connectivity index (χ1n) is 6.54. The molecule has 2 nitrogen and oxygen atoms in total. The van der Waals surface area contributed by atoms with E-state index >= 15 is 0 Å². The molecule has 104 valence electrons. The third kappa shape index (κ3) is 6.92. The molecule has 0 spiro atoms. The standard InChI is InChI=1S/C15H27NOS/c1-6-8-10-14(9-7-2)11-12(3)15(13(4)17)16-18-5/h7,9-10,12,15-17H,4,6,8,11H2,1-3,5H3/b9-7-,14-10+. The number of unbranched alkanes of at least 4 members (excludes halogenated alkanes) is 1. The van der Waals surface area contributed by atoms with Crippen LogP contribution in [-0.2, 0) is 0 Å². The Morgan fingerprint density at radius 3 is 2.61 bits per heavy atom. The highest BCUT2D eigenvalue weighted by atomic mass is 32.2. The van der Waals surface area contributed by atoms with Crippen LogP contribution in [0.1, 0.15) is 40.0 Å². The largest absolute Gasteiger partial charge is 0.511 e. The zero-order valence-corrected chi connectivity index (χ0v) is 12.9. The Morgan fingerprint density at radius 1 is 1.50 bits per heavy atom. The molecular formula is C15H27NOS. The van der Waals surface area contributed by atoms with Crippen LogP contribution in [0.25, 0.3) is 0 Å². The van der Waals surface area contributed by atoms with Gasteiger partial charge in [0.15, 0.2) is 0 Å². The molecule has 0 aliphatic rings. The van der Waals surface area contributed by atoms with Crippen molar-refractivity contribution in [1.82, 2.24) is 4.72 Å². The average Bonchev–Trinajstić information content (AvgIpc) is 2.32. The van der Waals surface area contributed by atoms with Crippen LogP contribution in [0.15, 0.2) is 36.1 Å². The van der Waals surface area contributed by atoms with Crippen LogP contribution in [-0.4, -0.2) is 17.4 Å². The fraction of sp³-hybridized carbons (Fsp3) is 0.600. The van der Waals surface area contributed by atoms with Gasteiger partial charge in [0, 0.05) is 0 Å². The summed E-state index contributed by atoms with van der Waals surface area (Å²) in [7, 11) is 0. The number of aliphatic hydroxyl groups excluding tert-OH is 1. The van der Waals surface area contributed by atoms with Crippen molar-refractivity contribution in [2.45, 2.75) is 46.1 Å². The molecule has 0 saturated heterocycles. The number of hydrogen-bond donors (Lipinski definition) is 2. The number of hydrogen-bond acceptors (Lipinski definition) is 3. The van der Waals surface area contributed by atoms with E-state index in [0.717, 1.165) is 19.3 Å². The van der Waals surface area contributed by atoms with Crippen LogP contribution in [0.2, 0.25) is 0 Å². The van der Waals surface area contributed by atoms with Gasteiger partial charge >= 0.3 is 0 Å². The van der Waals surface area contributed by atoms with Gasteiger partial charge in [-0.05, 0) is 31.9 Å². The summed E-state index contributed by atoms with van der Waals surface area (Å²) in [6, 6.07) is -0.0599. The maximum Gasteiger partial charge on any atom is 0.103 e. The highest BCUT2D eigenvalue weighted by molar-refractivity contribution is 7.96. The van der Waals surface area contributed by atoms with E-state index < -0.39 is 0 Å². The third-order valence-electron chi connectivity index (χ3n) is 2.81. The summed E-state index contributed by atoms with van der Waals surface area (Å²) in [4.78, 5) is 0. The Labute approximate surface area is 116 Å². The predicted octanol–water partition coefficient (Wildman–Crippen LogP) is 4.62. The second kappa shape index (κ2) is 10.3. The molecule has 0 aliphatic carbocycles. The Balaban J connectivity index is 4.64. The molecule has 0 heterocycles. The SMILES string of the molecule is C=C(O)C(NSC)C(C)CC(/C=C\C)=C/CCC. The minimum Gasteiger partial charge on any atom is -0.511 e. The molecule has 0 aliphatic heterocycles. The third-order valence-corrected chi connectivity index (χ3v) is 3.30. The smallest absolute Gasteiger partial charge is 0.103 e. The normalized spacial score (nSPS) is 15.9. The molecule has 0 bridgehead atoms. The summed E-state index contributed by atoms with van der Waals surface area (Å²) >= 11 is 1.52. The molecule has 2 atom stereocenters. The Kier molecular flexibility index (Phi) is 9.89. The number of nitrogens with one attached hydrogen (secondary N) is 1. The van der Waals surface area contributed by atoms with Crippen LogP contribution in [0, 0.1) is 5.92 Å². The summed E-state index contributed by atoms with van der Waals surface area (Å²) in [5, 5.41) is 9.62. The molecule has 0 amide bonds. The lowest BCUT2D eigenvalue weighted by Crippen LogP contribution is -2.32. The van der Waals surface area contributed by atoms with Gasteiger partial charge < -0.3 is 5.11 Å². The number of allylic oxidation sites excluding steroid dienone is 4. The molecule has 0 fully saturated rings. The van der Waals surface area contributed by atoms with Crippen molar-refractivity contribution in [2.75, 3.05) is 6.26 Å². The molecule has 18 heavy (non-hydrogen) atoms. The topological polar surface area (TPSA) is 32.3 Å². The minimum atomic E-state index is -0.0599. The Morgan fingerprint density at radius 2 is 2.17 bits per heavy atom. The lowest BCUT2D eigenvalue weighted by Gasteiger charge is -2.23. The van der Waals surface area contributed by atoms with Crippen molar-refractivity contribution >= 4 is 11.9 Å². The van der Waals surface area contributed by atoms with E-state index in [0.29, 0.717) is 5.92 Å². The summed E-state index contributed by atoms with van der Waals surface area (Å²) in [6.07, 6.45) is 11.7. The molecule has 0 saturated carbocycles. The molecule has 0 aromatic rings. The van der Waals surface area contributed by atoms with E-state index in [4.69, 9.17) is 0 Å². The van der Waals surface area contributed by atoms with Crippen LogP contribution in [0.3, 0.4) is 0 Å². The highest BCUT2D eigenvalue weighted by Crippen LogP contribution is 2.21. The van der Waals surface area contributed by atoms with E-state index in [2.05, 4.69) is 43.4 Å². The van der Waals surface area contributed by atoms with E-state index in [1.54, 1.807) is 0 Å². The first-order chi connectivity index (χ1) is 8.56. The highest BCUT2D eigenvalue weighted by Gasteiger charge is 2.19. The van der Waals surface area contributed by atoms with Gasteiger partial charge in [-0.3, -0.25) is 4.72 Å². The lowest BCUT2D eigenvalue weighted by atomic mass is 9.92. The maximum absolute atomic E-state index is 9.62. The fourth-order valence-corrected chi connectivity index (χ4v) is 2.51. The molecule has 0 aromatic carbocycles. The van der Waals surface area contributed by atoms with Gasteiger partial charge in [0.1, 0.15) is 5.76 Å². The molecule has 0 rings (SSSR count). The molecule has 0 aromatic heterocycles. The summed E-state index contributed by atoms with van der Waals surface area (Å²) in [5.41, 5.74) is 1.33. The van der Waals surface area contributed by atoms with Crippen LogP contribution >= 0.6 is 11.9 Å². The van der Waals surface area contributed by atoms with Crippen molar-refractivity contribution in [3.8, 4) is 0 Å². The van der Waals surface area contributed by atoms with E-state index in [-0.39, 0.29) is 11.8 Å². The first-order valence-corrected chi connectivity index (χ1v) is 7.77. The zero-order valence-electron chi connectivity index (χ0n) is 12.1. The number of aliphatic hydroxyl groups is 1. The molecule has 0 radical (unpaired) electrons. The summed E-state index contributed by atoms with van der Waals surface area (Å²) in [5.74, 6) is 0.529. The van der Waals surface area contributed by atoms with Crippen LogP contribution in [0.4, 0.5) is 0 Å². The monoisotopic (exact) mass is 269 g/mol. The van der Waals surface area contributed by atoms with Gasteiger partial charge in [0.25, 0.3) is 0 Å². The summed E-state index contributed by atoms with van der Waals surface area (Å²) < 4.78 is 3.20. The fourth-order valence-electron chi connectivity index (χ4n) is 1.89. The van der Waals surface area contributed by atoms with Crippen molar-refractivity contribution in [1.29, 1.82) is 0 Å². The van der Waals surface area contributed by atoms with E-state index in [9.17, 15) is 5.11 Å². The molecule has 2 unspecified atom stereocenters. The molecular weight excluding hydrogens is 242 g/mol. The van der Waals surface area contributed by atoms with Gasteiger partial charge in [-0.1, -0.05) is 62.6 Å². The van der Waals surface area contributed by atoms with Gasteiger partial charge in [-0.2, -0.15) is 0 Å². The summed E-state index contributed by atoms with van der Waals surface area (Å²) in [6.45, 7) is 10.0. The van der Waals surface area contributed by atoms with Gasteiger partial charge in [-0.25, -0.2) is 0 Å². The van der Waals surface area contributed by atoms with Crippen molar-refractivity contribution in [3.05, 3.63) is 36.1 Å². The Bertz CT molecular complexity index is 297. The van der Waals surface area contributed by atoms with E-state index in [1.165, 1.54) is 17.5 Å². The van der Waals surface area contributed by atoms with Crippen molar-refractivity contribution in [2.24, 2.45) is 5.92 Å². The second-order valence-electron chi connectivity index (χ2n) is 4.54. The van der Waals surface area contributed by atoms with Crippen molar-refractivity contribution < 1.29 is 5.11 Å². The van der Waals surface area contributed by atoms with Gasteiger partial charge in [-0.15, -0.1) is 0 Å². The van der Waals surface area contributed by atoms with Gasteiger partial charge in [0.05, 0.1) is 6.04 Å². The minimum absolute atomic E-state index is 0.0599. The molecule has 3 heteroatoms. The average molecular weight is 269 g/mol.